The van der Waals surface area contributed by atoms with Crippen LogP contribution >= 0.6 is 0 Å². The summed E-state index contributed by atoms with van der Waals surface area (Å²) in [6.07, 6.45) is 2.21. The van der Waals surface area contributed by atoms with Gasteiger partial charge in [0, 0.05) is 28.4 Å². The van der Waals surface area contributed by atoms with E-state index >= 15 is 0 Å². The highest BCUT2D eigenvalue weighted by atomic mass is 16.2. The first-order chi connectivity index (χ1) is 15.3. The molecule has 32 heavy (non-hydrogen) atoms. The van der Waals surface area contributed by atoms with Crippen LogP contribution in [0.3, 0.4) is 0 Å². The van der Waals surface area contributed by atoms with Crippen molar-refractivity contribution >= 4 is 23.2 Å². The van der Waals surface area contributed by atoms with E-state index in [-0.39, 0.29) is 17.7 Å². The summed E-state index contributed by atoms with van der Waals surface area (Å²) in [6.45, 7) is 7.55. The SMILES string of the molecule is Cc1ccc(NC(=O)c2cccc(CC(C)C#N)c2)cc1C(=O)Nc1cnc(C)c(C)c1. The predicted octanol–water partition coefficient (Wildman–Crippen LogP) is 5.21. The number of nitrogens with zero attached hydrogens (tertiary/aromatic N) is 2. The van der Waals surface area contributed by atoms with Gasteiger partial charge in [0.1, 0.15) is 0 Å². The number of hydrogen-bond donors (Lipinski definition) is 2. The lowest BCUT2D eigenvalue weighted by molar-refractivity contribution is 0.101. The Kier molecular flexibility index (Phi) is 7.01. The van der Waals surface area contributed by atoms with E-state index in [0.29, 0.717) is 28.9 Å². The molecule has 0 aliphatic rings. The largest absolute Gasteiger partial charge is 0.322 e. The highest BCUT2D eigenvalue weighted by Gasteiger charge is 2.14. The number of benzene rings is 2. The molecule has 3 rings (SSSR count). The van der Waals surface area contributed by atoms with Gasteiger partial charge in [-0.1, -0.05) is 18.2 Å². The number of nitrogens with one attached hydrogen (secondary N) is 2. The van der Waals surface area contributed by atoms with E-state index in [0.717, 1.165) is 22.4 Å². The molecule has 2 N–H and O–H groups in total. The fraction of sp³-hybridized carbons (Fsp3) is 0.231. The Labute approximate surface area is 188 Å². The molecular weight excluding hydrogens is 400 g/mol. The minimum Gasteiger partial charge on any atom is -0.322 e. The van der Waals surface area contributed by atoms with E-state index in [1.807, 2.05) is 39.8 Å². The molecule has 3 aromatic rings. The lowest BCUT2D eigenvalue weighted by Crippen LogP contribution is -2.16. The smallest absolute Gasteiger partial charge is 0.256 e. The maximum absolute atomic E-state index is 12.8. The quantitative estimate of drug-likeness (QED) is 0.565. The fourth-order valence-corrected chi connectivity index (χ4v) is 3.30. The summed E-state index contributed by atoms with van der Waals surface area (Å²) in [7, 11) is 0. The summed E-state index contributed by atoms with van der Waals surface area (Å²) in [5, 5.41) is 14.7. The van der Waals surface area contributed by atoms with Gasteiger partial charge in [0.2, 0.25) is 0 Å². The second-order valence-electron chi connectivity index (χ2n) is 8.00. The number of aromatic nitrogens is 1. The normalized spacial score (nSPS) is 11.3. The number of pyridine rings is 1. The van der Waals surface area contributed by atoms with Gasteiger partial charge in [0.15, 0.2) is 0 Å². The zero-order chi connectivity index (χ0) is 23.3. The molecule has 0 spiro atoms. The first-order valence-electron chi connectivity index (χ1n) is 10.4. The van der Waals surface area contributed by atoms with E-state index in [4.69, 9.17) is 5.26 Å². The van der Waals surface area contributed by atoms with Crippen molar-refractivity contribution in [3.05, 3.63) is 88.2 Å². The average Bonchev–Trinajstić information content (AvgIpc) is 2.77. The van der Waals surface area contributed by atoms with E-state index in [2.05, 4.69) is 21.7 Å². The van der Waals surface area contributed by atoms with E-state index in [1.54, 1.807) is 42.6 Å². The predicted molar refractivity (Wildman–Crippen MR) is 126 cm³/mol. The van der Waals surface area contributed by atoms with Crippen LogP contribution in [-0.2, 0) is 6.42 Å². The van der Waals surface area contributed by atoms with Gasteiger partial charge in [0.25, 0.3) is 11.8 Å². The van der Waals surface area contributed by atoms with E-state index < -0.39 is 0 Å². The van der Waals surface area contributed by atoms with E-state index in [9.17, 15) is 9.59 Å². The molecular formula is C26H26N4O2. The summed E-state index contributed by atoms with van der Waals surface area (Å²) in [4.78, 5) is 29.9. The summed E-state index contributed by atoms with van der Waals surface area (Å²) in [5.41, 5.74) is 5.75. The van der Waals surface area contributed by atoms with Crippen LogP contribution in [0.25, 0.3) is 0 Å². The second-order valence-corrected chi connectivity index (χ2v) is 8.00. The molecule has 0 fully saturated rings. The molecule has 0 saturated carbocycles. The maximum atomic E-state index is 12.8. The van der Waals surface area contributed by atoms with Crippen LogP contribution in [0, 0.1) is 38.0 Å². The van der Waals surface area contributed by atoms with Crippen molar-refractivity contribution < 1.29 is 9.59 Å². The highest BCUT2D eigenvalue weighted by Crippen LogP contribution is 2.20. The molecule has 6 heteroatoms. The first-order valence-corrected chi connectivity index (χ1v) is 10.4. The van der Waals surface area contributed by atoms with Crippen molar-refractivity contribution in [3.8, 4) is 6.07 Å². The Balaban J connectivity index is 1.76. The van der Waals surface area contributed by atoms with Crippen LogP contribution in [-0.4, -0.2) is 16.8 Å². The van der Waals surface area contributed by atoms with Crippen LogP contribution in [0.5, 0.6) is 0 Å². The van der Waals surface area contributed by atoms with Crippen molar-refractivity contribution in [2.24, 2.45) is 5.92 Å². The van der Waals surface area contributed by atoms with Crippen molar-refractivity contribution in [1.29, 1.82) is 5.26 Å². The van der Waals surface area contributed by atoms with Crippen LogP contribution in [0.1, 0.15) is 50.0 Å². The lowest BCUT2D eigenvalue weighted by atomic mass is 10.0. The summed E-state index contributed by atoms with van der Waals surface area (Å²) < 4.78 is 0. The molecule has 2 aromatic carbocycles. The molecule has 0 bridgehead atoms. The summed E-state index contributed by atoms with van der Waals surface area (Å²) in [6, 6.07) is 16.5. The minimum absolute atomic E-state index is 0.126. The van der Waals surface area contributed by atoms with Gasteiger partial charge in [-0.25, -0.2) is 0 Å². The molecule has 1 unspecified atom stereocenters. The van der Waals surface area contributed by atoms with Gasteiger partial charge >= 0.3 is 0 Å². The second kappa shape index (κ2) is 9.88. The van der Waals surface area contributed by atoms with Gasteiger partial charge in [-0.2, -0.15) is 5.26 Å². The highest BCUT2D eigenvalue weighted by molar-refractivity contribution is 6.08. The standard InChI is InChI=1S/C26H26N4O2/c1-16(14-27)10-20-6-5-7-21(12-20)25(31)29-22-9-8-17(2)24(13-22)26(32)30-23-11-18(3)19(4)28-15-23/h5-9,11-13,15-16H,10H2,1-4H3,(H,29,31)(H,30,32). The Hall–Kier alpha value is -3.98. The monoisotopic (exact) mass is 426 g/mol. The Bertz CT molecular complexity index is 1210. The lowest BCUT2D eigenvalue weighted by Gasteiger charge is -2.12. The molecule has 162 valence electrons. The molecule has 1 atom stereocenters. The molecule has 2 amide bonds. The van der Waals surface area contributed by atoms with Gasteiger partial charge in [0.05, 0.1) is 18.0 Å². The van der Waals surface area contributed by atoms with Crippen LogP contribution in [0.2, 0.25) is 0 Å². The fourth-order valence-electron chi connectivity index (χ4n) is 3.30. The average molecular weight is 427 g/mol. The number of amides is 2. The molecule has 0 saturated heterocycles. The van der Waals surface area contributed by atoms with Gasteiger partial charge < -0.3 is 10.6 Å². The maximum Gasteiger partial charge on any atom is 0.256 e. The van der Waals surface area contributed by atoms with Crippen molar-refractivity contribution in [1.82, 2.24) is 4.98 Å². The number of anilines is 2. The Morgan fingerprint density at radius 2 is 1.72 bits per heavy atom. The van der Waals surface area contributed by atoms with Gasteiger partial charge in [-0.05, 0) is 81.1 Å². The van der Waals surface area contributed by atoms with Crippen LogP contribution in [0.4, 0.5) is 11.4 Å². The molecule has 0 radical (unpaired) electrons. The minimum atomic E-state index is -0.273. The molecule has 0 aliphatic carbocycles. The first kappa shape index (κ1) is 22.7. The molecule has 1 aromatic heterocycles. The van der Waals surface area contributed by atoms with Gasteiger partial charge in [-0.15, -0.1) is 0 Å². The topological polar surface area (TPSA) is 94.9 Å². The van der Waals surface area contributed by atoms with Gasteiger partial charge in [-0.3, -0.25) is 14.6 Å². The zero-order valence-corrected chi connectivity index (χ0v) is 18.7. The van der Waals surface area contributed by atoms with E-state index in [1.165, 1.54) is 0 Å². The number of hydrogen-bond acceptors (Lipinski definition) is 4. The Morgan fingerprint density at radius 3 is 2.44 bits per heavy atom. The van der Waals surface area contributed by atoms with Crippen molar-refractivity contribution in [2.75, 3.05) is 10.6 Å². The van der Waals surface area contributed by atoms with Crippen molar-refractivity contribution in [3.63, 3.8) is 0 Å². The summed E-state index contributed by atoms with van der Waals surface area (Å²) >= 11 is 0. The third kappa shape index (κ3) is 5.58. The molecule has 0 aliphatic heterocycles. The van der Waals surface area contributed by atoms with Crippen LogP contribution in [0.15, 0.2) is 54.7 Å². The number of aryl methyl sites for hydroxylation is 3. The third-order valence-corrected chi connectivity index (χ3v) is 5.29. The summed E-state index contributed by atoms with van der Waals surface area (Å²) in [5.74, 6) is -0.667. The van der Waals surface area contributed by atoms with Crippen LogP contribution < -0.4 is 10.6 Å². The zero-order valence-electron chi connectivity index (χ0n) is 18.7. The molecule has 1 heterocycles. The number of carbonyl (C=O) groups is 2. The molecule has 6 nitrogen and oxygen atoms in total. The third-order valence-electron chi connectivity index (χ3n) is 5.29. The van der Waals surface area contributed by atoms with Crippen molar-refractivity contribution in [2.45, 2.75) is 34.1 Å². The number of carbonyl (C=O) groups excluding carboxylic acids is 2. The number of nitriles is 1. The Morgan fingerprint density at radius 1 is 0.969 bits per heavy atom. The number of rotatable bonds is 6.